The van der Waals surface area contributed by atoms with Gasteiger partial charge in [-0.15, -0.1) is 11.6 Å². The van der Waals surface area contributed by atoms with Crippen LogP contribution in [-0.4, -0.2) is 66.5 Å². The maximum absolute atomic E-state index is 12.6. The third-order valence-electron chi connectivity index (χ3n) is 5.87. The van der Waals surface area contributed by atoms with Gasteiger partial charge in [0.05, 0.1) is 11.7 Å². The highest BCUT2D eigenvalue weighted by molar-refractivity contribution is 6.27. The van der Waals surface area contributed by atoms with Crippen LogP contribution in [-0.2, 0) is 16.0 Å². The Balaban J connectivity index is 1.31. The fourth-order valence-corrected chi connectivity index (χ4v) is 4.50. The molecule has 5 heterocycles. The van der Waals surface area contributed by atoms with Gasteiger partial charge in [-0.05, 0) is 42.7 Å². The fraction of sp³-hybridized carbons (Fsp3) is 0.318. The number of carbonyl (C=O) groups excluding carboxylic acids is 2. The zero-order chi connectivity index (χ0) is 22.1. The molecular formula is C22H22ClN7O2. The van der Waals surface area contributed by atoms with E-state index in [0.29, 0.717) is 25.9 Å². The summed E-state index contributed by atoms with van der Waals surface area (Å²) in [4.78, 5) is 33.9. The highest BCUT2D eigenvalue weighted by Crippen LogP contribution is 2.30. The Morgan fingerprint density at radius 2 is 2.12 bits per heavy atom. The first-order chi connectivity index (χ1) is 15.7. The van der Waals surface area contributed by atoms with E-state index in [1.807, 2.05) is 18.2 Å². The van der Waals surface area contributed by atoms with Crippen molar-refractivity contribution in [3.05, 3.63) is 48.5 Å². The van der Waals surface area contributed by atoms with Crippen LogP contribution in [0.2, 0.25) is 0 Å². The maximum atomic E-state index is 12.6. The smallest absolute Gasteiger partial charge is 0.242 e. The van der Waals surface area contributed by atoms with E-state index in [1.54, 1.807) is 28.1 Å². The summed E-state index contributed by atoms with van der Waals surface area (Å²) in [6.45, 7) is 1.04. The molecule has 2 N–H and O–H groups in total. The molecule has 1 aliphatic rings. The van der Waals surface area contributed by atoms with Crippen molar-refractivity contribution in [1.82, 2.24) is 35.0 Å². The fourth-order valence-electron chi connectivity index (χ4n) is 4.34. The van der Waals surface area contributed by atoms with Crippen molar-refractivity contribution in [3.63, 3.8) is 0 Å². The Morgan fingerprint density at radius 1 is 1.22 bits per heavy atom. The van der Waals surface area contributed by atoms with Crippen LogP contribution in [0.25, 0.3) is 27.7 Å². The second kappa shape index (κ2) is 8.58. The minimum Gasteiger partial charge on any atom is -0.354 e. The zero-order valence-corrected chi connectivity index (χ0v) is 18.0. The summed E-state index contributed by atoms with van der Waals surface area (Å²) in [5, 5.41) is 12.5. The molecule has 1 saturated heterocycles. The van der Waals surface area contributed by atoms with Gasteiger partial charge in [-0.3, -0.25) is 9.59 Å². The number of hydrogen-bond donors (Lipinski definition) is 2. The van der Waals surface area contributed by atoms with Gasteiger partial charge in [-0.25, -0.2) is 4.98 Å². The molecule has 0 unspecified atom stereocenters. The van der Waals surface area contributed by atoms with Crippen LogP contribution in [0.5, 0.6) is 0 Å². The summed E-state index contributed by atoms with van der Waals surface area (Å²) in [5.41, 5.74) is 4.67. The molecule has 10 heteroatoms. The summed E-state index contributed by atoms with van der Waals surface area (Å²) >= 11 is 5.67. The highest BCUT2D eigenvalue weighted by Gasteiger charge is 2.33. The Bertz CT molecular complexity index is 1300. The van der Waals surface area contributed by atoms with Gasteiger partial charge < -0.3 is 15.2 Å². The van der Waals surface area contributed by atoms with Gasteiger partial charge in [-0.2, -0.15) is 14.8 Å². The Kier molecular flexibility index (Phi) is 5.48. The summed E-state index contributed by atoms with van der Waals surface area (Å²) in [7, 11) is 0. The van der Waals surface area contributed by atoms with E-state index < -0.39 is 6.04 Å². The predicted octanol–water partition coefficient (Wildman–Crippen LogP) is 2.16. The number of carbonyl (C=O) groups is 2. The molecule has 32 heavy (non-hydrogen) atoms. The second-order valence-corrected chi connectivity index (χ2v) is 8.06. The van der Waals surface area contributed by atoms with Gasteiger partial charge in [0, 0.05) is 48.5 Å². The Hall–Kier alpha value is -3.46. The first kappa shape index (κ1) is 20.4. The molecule has 9 nitrogen and oxygen atoms in total. The molecule has 0 radical (unpaired) electrons. The number of likely N-dealkylation sites (tertiary alicyclic amines) is 1. The van der Waals surface area contributed by atoms with Crippen LogP contribution in [0.4, 0.5) is 0 Å². The molecular weight excluding hydrogens is 430 g/mol. The van der Waals surface area contributed by atoms with E-state index in [-0.39, 0.29) is 17.7 Å². The van der Waals surface area contributed by atoms with Gasteiger partial charge in [0.1, 0.15) is 17.6 Å². The number of nitrogens with one attached hydrogen (secondary N) is 2. The number of aromatic nitrogens is 5. The first-order valence-electron chi connectivity index (χ1n) is 10.5. The maximum Gasteiger partial charge on any atom is 0.242 e. The van der Waals surface area contributed by atoms with Crippen molar-refractivity contribution in [3.8, 4) is 11.1 Å². The number of fused-ring (bicyclic) bond motifs is 2. The minimum absolute atomic E-state index is 0.100. The molecule has 0 aromatic carbocycles. The molecule has 0 bridgehead atoms. The molecule has 2 amide bonds. The second-order valence-electron chi connectivity index (χ2n) is 7.79. The lowest BCUT2D eigenvalue weighted by atomic mass is 10.1. The van der Waals surface area contributed by atoms with Crippen LogP contribution in [0, 0.1) is 0 Å². The van der Waals surface area contributed by atoms with Gasteiger partial charge in [0.2, 0.25) is 11.8 Å². The van der Waals surface area contributed by atoms with Crippen LogP contribution < -0.4 is 5.32 Å². The molecule has 1 atom stereocenters. The summed E-state index contributed by atoms with van der Waals surface area (Å²) in [6.07, 6.45) is 7.37. The topological polar surface area (TPSA) is 108 Å². The number of aromatic amines is 1. The lowest BCUT2D eigenvalue weighted by Crippen LogP contribution is -2.46. The average Bonchev–Trinajstić information content (AvgIpc) is 3.55. The number of alkyl halides is 1. The van der Waals surface area contributed by atoms with Crippen LogP contribution in [0.1, 0.15) is 18.5 Å². The van der Waals surface area contributed by atoms with E-state index in [9.17, 15) is 9.59 Å². The molecule has 0 saturated carbocycles. The standard InChI is InChI=1S/C22H22ClN7O2/c23-12-20(31)29-10-2-4-19(29)22(32)25-8-5-14-11-16-15(6-9-24-21(16)28-14)17-13-27-30-18(17)3-1-7-26-30/h1,3,6-7,9,11,13,19H,2,4-5,8,10,12H2,(H,24,28)(H,25,32)/t19-/m0/s1. The number of halogens is 1. The molecule has 1 aliphatic heterocycles. The van der Waals surface area contributed by atoms with Gasteiger partial charge in [0.15, 0.2) is 0 Å². The number of amides is 2. The van der Waals surface area contributed by atoms with Crippen LogP contribution in [0.15, 0.2) is 42.9 Å². The van der Waals surface area contributed by atoms with E-state index >= 15 is 0 Å². The monoisotopic (exact) mass is 451 g/mol. The Morgan fingerprint density at radius 3 is 3.00 bits per heavy atom. The third-order valence-corrected chi connectivity index (χ3v) is 6.09. The zero-order valence-electron chi connectivity index (χ0n) is 17.3. The van der Waals surface area contributed by atoms with Crippen LogP contribution in [0.3, 0.4) is 0 Å². The van der Waals surface area contributed by atoms with Gasteiger partial charge >= 0.3 is 0 Å². The van der Waals surface area contributed by atoms with Crippen molar-refractivity contribution in [2.45, 2.75) is 25.3 Å². The minimum atomic E-state index is -0.429. The molecule has 5 rings (SSSR count). The normalized spacial score (nSPS) is 16.2. The number of nitrogens with zero attached hydrogens (tertiary/aromatic N) is 5. The van der Waals surface area contributed by atoms with Crippen LogP contribution >= 0.6 is 11.6 Å². The summed E-state index contributed by atoms with van der Waals surface area (Å²) < 4.78 is 1.60. The Labute approximate surface area is 188 Å². The largest absolute Gasteiger partial charge is 0.354 e. The number of H-pyrrole nitrogens is 1. The van der Waals surface area contributed by atoms with Crippen molar-refractivity contribution in [2.24, 2.45) is 0 Å². The summed E-state index contributed by atoms with van der Waals surface area (Å²) in [6, 6.07) is 7.46. The van der Waals surface area contributed by atoms with Crippen molar-refractivity contribution in [2.75, 3.05) is 19.0 Å². The van der Waals surface area contributed by atoms with E-state index in [0.717, 1.165) is 39.8 Å². The van der Waals surface area contributed by atoms with Crippen molar-refractivity contribution < 1.29 is 9.59 Å². The third kappa shape index (κ3) is 3.69. The van der Waals surface area contributed by atoms with E-state index in [1.165, 1.54) is 0 Å². The van der Waals surface area contributed by atoms with Crippen molar-refractivity contribution >= 4 is 40.0 Å². The first-order valence-corrected chi connectivity index (χ1v) is 11.1. The SMILES string of the molecule is O=C(NCCc1cc2c(-c3cnn4ncccc34)ccnc2[nH]1)[C@@H]1CCCN1C(=O)CCl. The number of pyridine rings is 1. The van der Waals surface area contributed by atoms with Gasteiger partial charge in [-0.1, -0.05) is 0 Å². The molecule has 4 aromatic rings. The van der Waals surface area contributed by atoms with Crippen molar-refractivity contribution in [1.29, 1.82) is 0 Å². The average molecular weight is 452 g/mol. The van der Waals surface area contributed by atoms with Gasteiger partial charge in [0.25, 0.3) is 0 Å². The lowest BCUT2D eigenvalue weighted by molar-refractivity contribution is -0.136. The highest BCUT2D eigenvalue weighted by atomic mass is 35.5. The summed E-state index contributed by atoms with van der Waals surface area (Å²) in [5.74, 6) is -0.423. The number of rotatable bonds is 6. The molecule has 164 valence electrons. The predicted molar refractivity (Wildman–Crippen MR) is 120 cm³/mol. The number of hydrogen-bond acceptors (Lipinski definition) is 5. The molecule has 0 spiro atoms. The molecule has 4 aromatic heterocycles. The van der Waals surface area contributed by atoms with E-state index in [2.05, 4.69) is 31.5 Å². The molecule has 0 aliphatic carbocycles. The lowest BCUT2D eigenvalue weighted by Gasteiger charge is -2.23. The van der Waals surface area contributed by atoms with E-state index in [4.69, 9.17) is 11.6 Å². The molecule has 1 fully saturated rings. The quantitative estimate of drug-likeness (QED) is 0.437.